The molecule has 0 radical (unpaired) electrons. The molecule has 0 bridgehead atoms. The van der Waals surface area contributed by atoms with Crippen LogP contribution >= 0.6 is 11.6 Å². The molecule has 0 saturated heterocycles. The monoisotopic (exact) mass is 466 g/mol. The zero-order chi connectivity index (χ0) is 23.0. The number of hydrogen-bond acceptors (Lipinski definition) is 5. The van der Waals surface area contributed by atoms with E-state index in [0.29, 0.717) is 5.15 Å². The lowest BCUT2D eigenvalue weighted by Gasteiger charge is -2.46. The van der Waals surface area contributed by atoms with Gasteiger partial charge in [-0.1, -0.05) is 11.6 Å². The van der Waals surface area contributed by atoms with Crippen molar-refractivity contribution in [3.05, 3.63) is 41.8 Å². The lowest BCUT2D eigenvalue weighted by Crippen LogP contribution is -2.62. The highest BCUT2D eigenvalue weighted by molar-refractivity contribution is 6.29. The number of nitrogens with zero attached hydrogens (tertiary/aromatic N) is 3. The number of rotatable bonds is 6. The van der Waals surface area contributed by atoms with Gasteiger partial charge in [-0.3, -0.25) is 9.69 Å². The standard InChI is InChI=1S/C25H31ClN6O/c1-32(2)25(9-5-10-25)24(33)30-18-7-3-6-17(14-18)29-22-13-16(12-21(26)31-22)20-15-28-23-19(20)8-4-11-27-23/h4,8,11-13,15,17-18H,3,5-7,9-10,14H2,1-2H3,(H,27,28)(H,29,31)(H,30,33). The summed E-state index contributed by atoms with van der Waals surface area (Å²) in [6.45, 7) is 0. The number of halogens is 1. The summed E-state index contributed by atoms with van der Waals surface area (Å²) < 4.78 is 0. The van der Waals surface area contributed by atoms with Gasteiger partial charge >= 0.3 is 0 Å². The third kappa shape index (κ3) is 4.32. The molecule has 0 aliphatic heterocycles. The second kappa shape index (κ2) is 8.95. The highest BCUT2D eigenvalue weighted by atomic mass is 35.5. The predicted molar refractivity (Wildman–Crippen MR) is 132 cm³/mol. The van der Waals surface area contributed by atoms with Crippen LogP contribution in [-0.2, 0) is 4.79 Å². The van der Waals surface area contributed by atoms with Crippen molar-refractivity contribution in [3.8, 4) is 11.1 Å². The Morgan fingerprint density at radius 3 is 2.79 bits per heavy atom. The van der Waals surface area contributed by atoms with Crippen molar-refractivity contribution in [3.63, 3.8) is 0 Å². The number of pyridine rings is 2. The van der Waals surface area contributed by atoms with Gasteiger partial charge in [-0.15, -0.1) is 0 Å². The molecule has 7 nitrogen and oxygen atoms in total. The summed E-state index contributed by atoms with van der Waals surface area (Å²) in [4.78, 5) is 27.2. The molecular weight excluding hydrogens is 436 g/mol. The number of aromatic nitrogens is 3. The molecule has 33 heavy (non-hydrogen) atoms. The first kappa shape index (κ1) is 22.2. The van der Waals surface area contributed by atoms with Crippen molar-refractivity contribution >= 4 is 34.4 Å². The summed E-state index contributed by atoms with van der Waals surface area (Å²) in [5.41, 5.74) is 2.57. The van der Waals surface area contributed by atoms with Crippen LogP contribution in [0.5, 0.6) is 0 Å². The highest BCUT2D eigenvalue weighted by Gasteiger charge is 2.46. The minimum atomic E-state index is -0.321. The molecule has 2 atom stereocenters. The van der Waals surface area contributed by atoms with Gasteiger partial charge < -0.3 is 15.6 Å². The maximum absolute atomic E-state index is 13.0. The van der Waals surface area contributed by atoms with E-state index in [1.54, 1.807) is 6.20 Å². The molecule has 2 aliphatic rings. The minimum absolute atomic E-state index is 0.180. The average molecular weight is 467 g/mol. The van der Waals surface area contributed by atoms with Gasteiger partial charge in [0.2, 0.25) is 5.91 Å². The molecular formula is C25H31ClN6O. The lowest BCUT2D eigenvalue weighted by atomic mass is 9.74. The van der Waals surface area contributed by atoms with Gasteiger partial charge in [0.15, 0.2) is 0 Å². The van der Waals surface area contributed by atoms with Crippen LogP contribution in [0.4, 0.5) is 5.82 Å². The van der Waals surface area contributed by atoms with Crippen molar-refractivity contribution in [2.75, 3.05) is 19.4 Å². The number of hydrogen-bond donors (Lipinski definition) is 3. The van der Waals surface area contributed by atoms with Crippen molar-refractivity contribution in [2.24, 2.45) is 0 Å². The van der Waals surface area contributed by atoms with E-state index in [9.17, 15) is 4.79 Å². The molecule has 3 heterocycles. The first-order valence-electron chi connectivity index (χ1n) is 11.8. The third-order valence-electron chi connectivity index (χ3n) is 7.38. The maximum atomic E-state index is 13.0. The van der Waals surface area contributed by atoms with Gasteiger partial charge in [0, 0.05) is 35.4 Å². The first-order valence-corrected chi connectivity index (χ1v) is 12.2. The Labute approximate surface area is 199 Å². The van der Waals surface area contributed by atoms with E-state index >= 15 is 0 Å². The molecule has 3 aromatic rings. The molecule has 3 N–H and O–H groups in total. The first-order chi connectivity index (χ1) is 15.9. The van der Waals surface area contributed by atoms with Gasteiger partial charge in [0.1, 0.15) is 16.6 Å². The molecule has 3 aromatic heterocycles. The molecule has 5 rings (SSSR count). The number of likely N-dealkylation sites (N-methyl/N-ethyl adjacent to an activating group) is 1. The van der Waals surface area contributed by atoms with Gasteiger partial charge in [0.05, 0.1) is 5.54 Å². The summed E-state index contributed by atoms with van der Waals surface area (Å²) in [7, 11) is 4.02. The Kier molecular flexibility index (Phi) is 6.01. The van der Waals surface area contributed by atoms with Gasteiger partial charge in [-0.25, -0.2) is 9.97 Å². The summed E-state index contributed by atoms with van der Waals surface area (Å²) in [6, 6.07) is 8.32. The second-order valence-electron chi connectivity index (χ2n) is 9.62. The van der Waals surface area contributed by atoms with Crippen LogP contribution in [0.2, 0.25) is 5.15 Å². The van der Waals surface area contributed by atoms with Crippen molar-refractivity contribution in [2.45, 2.75) is 62.6 Å². The Bertz CT molecular complexity index is 1150. The Balaban J connectivity index is 1.29. The number of fused-ring (bicyclic) bond motifs is 1. The molecule has 2 saturated carbocycles. The molecule has 2 fully saturated rings. The van der Waals surface area contributed by atoms with Crippen molar-refractivity contribution in [1.29, 1.82) is 0 Å². The average Bonchev–Trinajstić information content (AvgIpc) is 3.16. The Morgan fingerprint density at radius 1 is 1.21 bits per heavy atom. The van der Waals surface area contributed by atoms with E-state index in [1.165, 1.54) is 0 Å². The number of aromatic amines is 1. The molecule has 8 heteroatoms. The third-order valence-corrected chi connectivity index (χ3v) is 7.57. The zero-order valence-corrected chi connectivity index (χ0v) is 20.0. The fraction of sp³-hybridized carbons (Fsp3) is 0.480. The van der Waals surface area contributed by atoms with Crippen LogP contribution in [0, 0.1) is 0 Å². The molecule has 0 aromatic carbocycles. The topological polar surface area (TPSA) is 85.9 Å². The zero-order valence-electron chi connectivity index (χ0n) is 19.2. The van der Waals surface area contributed by atoms with Gasteiger partial charge in [-0.2, -0.15) is 0 Å². The molecule has 2 aliphatic carbocycles. The summed E-state index contributed by atoms with van der Waals surface area (Å²) >= 11 is 6.40. The maximum Gasteiger partial charge on any atom is 0.240 e. The van der Waals surface area contributed by atoms with Crippen LogP contribution in [0.25, 0.3) is 22.2 Å². The summed E-state index contributed by atoms with van der Waals surface area (Å²) in [5.74, 6) is 0.942. The largest absolute Gasteiger partial charge is 0.367 e. The predicted octanol–water partition coefficient (Wildman–Crippen LogP) is 4.60. The number of amides is 1. The van der Waals surface area contributed by atoms with Crippen LogP contribution in [0.15, 0.2) is 36.7 Å². The molecule has 1 amide bonds. The van der Waals surface area contributed by atoms with Crippen LogP contribution < -0.4 is 10.6 Å². The fourth-order valence-electron chi connectivity index (χ4n) is 5.29. The van der Waals surface area contributed by atoms with Crippen molar-refractivity contribution in [1.82, 2.24) is 25.2 Å². The number of carbonyl (C=O) groups is 1. The lowest BCUT2D eigenvalue weighted by molar-refractivity contribution is -0.138. The normalized spacial score (nSPS) is 22.2. The van der Waals surface area contributed by atoms with Crippen LogP contribution in [0.3, 0.4) is 0 Å². The number of carbonyl (C=O) groups excluding carboxylic acids is 1. The summed E-state index contributed by atoms with van der Waals surface area (Å²) in [6.07, 6.45) is 10.8. The van der Waals surface area contributed by atoms with E-state index < -0.39 is 0 Å². The molecule has 0 spiro atoms. The highest BCUT2D eigenvalue weighted by Crippen LogP contribution is 2.37. The quantitative estimate of drug-likeness (QED) is 0.462. The Hall–Kier alpha value is -2.64. The van der Waals surface area contributed by atoms with E-state index in [0.717, 1.165) is 72.9 Å². The van der Waals surface area contributed by atoms with Crippen LogP contribution in [-0.4, -0.2) is 57.5 Å². The van der Waals surface area contributed by atoms with E-state index in [2.05, 4.69) is 30.5 Å². The summed E-state index contributed by atoms with van der Waals surface area (Å²) in [5, 5.41) is 8.43. The van der Waals surface area contributed by atoms with Gasteiger partial charge in [0.25, 0.3) is 0 Å². The van der Waals surface area contributed by atoms with E-state index in [4.69, 9.17) is 11.6 Å². The van der Waals surface area contributed by atoms with E-state index in [-0.39, 0.29) is 23.5 Å². The number of anilines is 1. The van der Waals surface area contributed by atoms with E-state index in [1.807, 2.05) is 44.6 Å². The molecule has 2 unspecified atom stereocenters. The SMILES string of the molecule is CN(C)C1(C(=O)NC2CCCC(Nc3cc(-c4c[nH]c5ncccc45)cc(Cl)n3)C2)CCC1. The van der Waals surface area contributed by atoms with Crippen molar-refractivity contribution < 1.29 is 4.79 Å². The molecule has 174 valence electrons. The number of nitrogens with one attached hydrogen (secondary N) is 3. The fourth-order valence-corrected chi connectivity index (χ4v) is 5.50. The van der Waals surface area contributed by atoms with Gasteiger partial charge in [-0.05, 0) is 88.9 Å². The smallest absolute Gasteiger partial charge is 0.240 e. The van der Waals surface area contributed by atoms with Crippen LogP contribution in [0.1, 0.15) is 44.9 Å². The second-order valence-corrected chi connectivity index (χ2v) is 10.0. The number of H-pyrrole nitrogens is 1. The minimum Gasteiger partial charge on any atom is -0.367 e. The Morgan fingerprint density at radius 2 is 2.03 bits per heavy atom.